The second-order valence-corrected chi connectivity index (χ2v) is 8.45. The van der Waals surface area contributed by atoms with Gasteiger partial charge in [-0.3, -0.25) is 0 Å². The summed E-state index contributed by atoms with van der Waals surface area (Å²) in [5.41, 5.74) is 6.92. The third-order valence-electron chi connectivity index (χ3n) is 6.52. The number of phenols is 1. The molecule has 0 spiro atoms. The van der Waals surface area contributed by atoms with Crippen molar-refractivity contribution in [1.82, 2.24) is 0 Å². The molecule has 0 fully saturated rings. The summed E-state index contributed by atoms with van der Waals surface area (Å²) in [5, 5.41) is 11.4. The quantitative estimate of drug-likeness (QED) is 0.346. The van der Waals surface area contributed by atoms with Gasteiger partial charge in [-0.2, -0.15) is 0 Å². The minimum atomic E-state index is 0.103. The van der Waals surface area contributed by atoms with Gasteiger partial charge in [0.05, 0.1) is 0 Å². The van der Waals surface area contributed by atoms with Crippen LogP contribution in [0.3, 0.4) is 0 Å². The Kier molecular flexibility index (Phi) is 6.23. The standard InChI is InChI=1S/C30H30O/c1-21(24-13-7-4-8-14-24)27-19-28(22(2)25-15-9-5-10-16-25)30(31)29(20-27)23(3)26-17-11-6-12-18-26/h4-23,31H,1-3H3. The molecule has 3 atom stereocenters. The molecular weight excluding hydrogens is 376 g/mol. The maximum absolute atomic E-state index is 11.4. The van der Waals surface area contributed by atoms with E-state index in [-0.39, 0.29) is 17.8 Å². The zero-order valence-corrected chi connectivity index (χ0v) is 18.5. The second kappa shape index (κ2) is 9.22. The Morgan fingerprint density at radius 3 is 1.13 bits per heavy atom. The Morgan fingerprint density at radius 2 is 0.774 bits per heavy atom. The summed E-state index contributed by atoms with van der Waals surface area (Å²) < 4.78 is 0. The van der Waals surface area contributed by atoms with Crippen LogP contribution in [0.15, 0.2) is 103 Å². The van der Waals surface area contributed by atoms with Crippen LogP contribution >= 0.6 is 0 Å². The predicted octanol–water partition coefficient (Wildman–Crippen LogP) is 7.85. The summed E-state index contributed by atoms with van der Waals surface area (Å²) in [6, 6.07) is 35.9. The first-order valence-corrected chi connectivity index (χ1v) is 11.1. The van der Waals surface area contributed by atoms with Gasteiger partial charge >= 0.3 is 0 Å². The Bertz CT molecular complexity index is 1050. The lowest BCUT2D eigenvalue weighted by Crippen LogP contribution is -2.06. The lowest BCUT2D eigenvalue weighted by atomic mass is 9.82. The van der Waals surface area contributed by atoms with Crippen LogP contribution < -0.4 is 0 Å². The number of hydrogen-bond donors (Lipinski definition) is 1. The van der Waals surface area contributed by atoms with Gasteiger partial charge in [0.25, 0.3) is 0 Å². The van der Waals surface area contributed by atoms with Crippen LogP contribution in [0, 0.1) is 0 Å². The normalized spacial score (nSPS) is 14.0. The molecule has 0 radical (unpaired) electrons. The highest BCUT2D eigenvalue weighted by Gasteiger charge is 2.23. The molecule has 31 heavy (non-hydrogen) atoms. The molecule has 0 aliphatic heterocycles. The van der Waals surface area contributed by atoms with E-state index in [4.69, 9.17) is 0 Å². The van der Waals surface area contributed by atoms with Gasteiger partial charge in [-0.05, 0) is 22.3 Å². The van der Waals surface area contributed by atoms with Gasteiger partial charge in [-0.1, -0.05) is 124 Å². The third kappa shape index (κ3) is 4.41. The topological polar surface area (TPSA) is 20.2 Å². The summed E-state index contributed by atoms with van der Waals surface area (Å²) in [6.45, 7) is 6.60. The molecule has 4 rings (SSSR count). The Balaban J connectivity index is 1.86. The SMILES string of the molecule is CC(c1ccccc1)c1cc(C(C)c2ccccc2)c(O)c(C(C)c2ccccc2)c1. The van der Waals surface area contributed by atoms with Crippen molar-refractivity contribution in [1.29, 1.82) is 0 Å². The summed E-state index contributed by atoms with van der Waals surface area (Å²) >= 11 is 0. The Hall–Kier alpha value is -3.32. The Labute approximate surface area is 186 Å². The van der Waals surface area contributed by atoms with Crippen LogP contribution in [-0.4, -0.2) is 5.11 Å². The molecule has 0 aliphatic rings. The van der Waals surface area contributed by atoms with E-state index in [0.717, 1.165) is 11.1 Å². The fraction of sp³-hybridized carbons (Fsp3) is 0.200. The monoisotopic (exact) mass is 406 g/mol. The smallest absolute Gasteiger partial charge is 0.123 e. The van der Waals surface area contributed by atoms with Gasteiger partial charge in [0.2, 0.25) is 0 Å². The predicted molar refractivity (Wildman–Crippen MR) is 130 cm³/mol. The molecule has 0 bridgehead atoms. The maximum atomic E-state index is 11.4. The van der Waals surface area contributed by atoms with Crippen molar-refractivity contribution in [3.63, 3.8) is 0 Å². The van der Waals surface area contributed by atoms with E-state index in [0.29, 0.717) is 5.75 Å². The van der Waals surface area contributed by atoms with Crippen molar-refractivity contribution in [3.8, 4) is 5.75 Å². The van der Waals surface area contributed by atoms with Crippen molar-refractivity contribution < 1.29 is 5.11 Å². The van der Waals surface area contributed by atoms with Crippen molar-refractivity contribution in [2.45, 2.75) is 38.5 Å². The lowest BCUT2D eigenvalue weighted by Gasteiger charge is -2.24. The van der Waals surface area contributed by atoms with E-state index in [1.54, 1.807) is 0 Å². The molecule has 4 aromatic carbocycles. The molecule has 0 saturated heterocycles. The minimum absolute atomic E-state index is 0.103. The van der Waals surface area contributed by atoms with Gasteiger partial charge < -0.3 is 5.11 Å². The molecule has 4 aromatic rings. The molecule has 0 aromatic heterocycles. The lowest BCUT2D eigenvalue weighted by molar-refractivity contribution is 0.456. The van der Waals surface area contributed by atoms with Gasteiger partial charge in [0.15, 0.2) is 0 Å². The molecule has 0 heterocycles. The van der Waals surface area contributed by atoms with Crippen LogP contribution in [0.1, 0.15) is 71.9 Å². The fourth-order valence-electron chi connectivity index (χ4n) is 4.39. The molecule has 0 saturated carbocycles. The number of phenolic OH excluding ortho intramolecular Hbond substituents is 1. The Morgan fingerprint density at radius 1 is 0.452 bits per heavy atom. The van der Waals surface area contributed by atoms with E-state index in [2.05, 4.69) is 112 Å². The number of benzene rings is 4. The highest BCUT2D eigenvalue weighted by atomic mass is 16.3. The zero-order chi connectivity index (χ0) is 21.8. The van der Waals surface area contributed by atoms with Gasteiger partial charge in [0, 0.05) is 28.9 Å². The van der Waals surface area contributed by atoms with E-state index in [9.17, 15) is 5.11 Å². The highest BCUT2D eigenvalue weighted by molar-refractivity contribution is 5.53. The molecule has 156 valence electrons. The number of rotatable bonds is 6. The summed E-state index contributed by atoms with van der Waals surface area (Å²) in [5.74, 6) is 0.860. The number of aromatic hydroxyl groups is 1. The molecule has 1 heteroatoms. The molecular formula is C30H30O. The highest BCUT2D eigenvalue weighted by Crippen LogP contribution is 2.41. The largest absolute Gasteiger partial charge is 0.507 e. The average molecular weight is 407 g/mol. The maximum Gasteiger partial charge on any atom is 0.123 e. The van der Waals surface area contributed by atoms with Crippen molar-refractivity contribution in [2.24, 2.45) is 0 Å². The van der Waals surface area contributed by atoms with Gasteiger partial charge in [0.1, 0.15) is 5.75 Å². The molecule has 1 N–H and O–H groups in total. The third-order valence-corrected chi connectivity index (χ3v) is 6.52. The van der Waals surface area contributed by atoms with Crippen LogP contribution in [0.4, 0.5) is 0 Å². The average Bonchev–Trinajstić information content (AvgIpc) is 2.84. The van der Waals surface area contributed by atoms with Crippen LogP contribution in [0.5, 0.6) is 5.75 Å². The molecule has 0 aliphatic carbocycles. The van der Waals surface area contributed by atoms with Crippen LogP contribution in [-0.2, 0) is 0 Å². The molecule has 0 amide bonds. The van der Waals surface area contributed by atoms with Gasteiger partial charge in [-0.15, -0.1) is 0 Å². The summed E-state index contributed by atoms with van der Waals surface area (Å²) in [6.07, 6.45) is 0. The first-order valence-electron chi connectivity index (χ1n) is 11.1. The van der Waals surface area contributed by atoms with Crippen molar-refractivity contribution in [3.05, 3.63) is 137 Å². The van der Waals surface area contributed by atoms with Crippen LogP contribution in [0.25, 0.3) is 0 Å². The molecule has 1 nitrogen and oxygen atoms in total. The van der Waals surface area contributed by atoms with E-state index >= 15 is 0 Å². The van der Waals surface area contributed by atoms with E-state index in [1.807, 2.05) is 12.1 Å². The number of hydrogen-bond acceptors (Lipinski definition) is 1. The minimum Gasteiger partial charge on any atom is -0.507 e. The summed E-state index contributed by atoms with van der Waals surface area (Å²) in [4.78, 5) is 0. The van der Waals surface area contributed by atoms with E-state index in [1.165, 1.54) is 22.3 Å². The zero-order valence-electron chi connectivity index (χ0n) is 18.5. The molecule has 3 unspecified atom stereocenters. The van der Waals surface area contributed by atoms with E-state index < -0.39 is 0 Å². The first-order chi connectivity index (χ1) is 15.1. The first kappa shape index (κ1) is 20.9. The van der Waals surface area contributed by atoms with Crippen LogP contribution in [0.2, 0.25) is 0 Å². The van der Waals surface area contributed by atoms with Gasteiger partial charge in [-0.25, -0.2) is 0 Å². The fourth-order valence-corrected chi connectivity index (χ4v) is 4.39. The van der Waals surface area contributed by atoms with Crippen molar-refractivity contribution in [2.75, 3.05) is 0 Å². The second-order valence-electron chi connectivity index (χ2n) is 8.45. The summed E-state index contributed by atoms with van der Waals surface area (Å²) in [7, 11) is 0. The van der Waals surface area contributed by atoms with Crippen molar-refractivity contribution >= 4 is 0 Å².